The van der Waals surface area contributed by atoms with E-state index in [0.29, 0.717) is 17.6 Å². The fourth-order valence-corrected chi connectivity index (χ4v) is 6.39. The Morgan fingerprint density at radius 1 is 1.03 bits per heavy atom. The number of para-hydroxylation sites is 1. The number of aromatic amines is 1. The maximum Gasteiger partial charge on any atom is 0.257 e. The van der Waals surface area contributed by atoms with Crippen molar-refractivity contribution in [2.24, 2.45) is 5.41 Å². The summed E-state index contributed by atoms with van der Waals surface area (Å²) in [5.74, 6) is -3.62. The number of alkyl halides is 2. The zero-order chi connectivity index (χ0) is 26.9. The molecule has 38 heavy (non-hydrogen) atoms. The molecule has 0 bridgehead atoms. The van der Waals surface area contributed by atoms with Gasteiger partial charge in [0.05, 0.1) is 6.54 Å². The monoisotopic (exact) mass is 530 g/mol. The van der Waals surface area contributed by atoms with Crippen molar-refractivity contribution in [3.8, 4) is 0 Å². The molecular formula is C30H38F4N4. The fourth-order valence-electron chi connectivity index (χ4n) is 6.39. The van der Waals surface area contributed by atoms with E-state index in [1.807, 2.05) is 30.0 Å². The summed E-state index contributed by atoms with van der Waals surface area (Å²) >= 11 is 0. The van der Waals surface area contributed by atoms with Gasteiger partial charge in [-0.1, -0.05) is 18.2 Å². The lowest BCUT2D eigenvalue weighted by atomic mass is 9.73. The molecule has 6 rings (SSSR count). The first-order valence-electron chi connectivity index (χ1n) is 13.7. The molecule has 2 aromatic carbocycles. The molecule has 1 atom stereocenters. The van der Waals surface area contributed by atoms with Gasteiger partial charge >= 0.3 is 0 Å². The minimum Gasteiger partial charge on any atom is -0.371 e. The van der Waals surface area contributed by atoms with E-state index in [2.05, 4.69) is 21.3 Å². The average Bonchev–Trinajstić information content (AvgIpc) is 3.21. The molecule has 3 aromatic rings. The van der Waals surface area contributed by atoms with Crippen LogP contribution in [0.3, 0.4) is 0 Å². The quantitative estimate of drug-likeness (QED) is 0.379. The first-order chi connectivity index (χ1) is 18.1. The second-order valence-corrected chi connectivity index (χ2v) is 11.6. The van der Waals surface area contributed by atoms with Crippen LogP contribution in [0.2, 0.25) is 0 Å². The Labute approximate surface area is 222 Å². The van der Waals surface area contributed by atoms with Gasteiger partial charge in [-0.15, -0.1) is 0 Å². The molecule has 8 heteroatoms. The third kappa shape index (κ3) is 6.18. The van der Waals surface area contributed by atoms with E-state index in [1.54, 1.807) is 0 Å². The second kappa shape index (κ2) is 10.9. The van der Waals surface area contributed by atoms with Crippen molar-refractivity contribution in [2.45, 2.75) is 64.5 Å². The molecule has 2 fully saturated rings. The van der Waals surface area contributed by atoms with Gasteiger partial charge in [-0.25, -0.2) is 17.6 Å². The number of hydrogen-bond acceptors (Lipinski definition) is 3. The maximum absolute atomic E-state index is 13.3. The molecule has 3 aliphatic heterocycles. The Balaban J connectivity index is 0.000000155. The van der Waals surface area contributed by atoms with E-state index in [0.717, 1.165) is 69.6 Å². The van der Waals surface area contributed by atoms with E-state index < -0.39 is 17.6 Å². The molecule has 4 heterocycles. The van der Waals surface area contributed by atoms with Gasteiger partial charge < -0.3 is 15.2 Å². The average molecular weight is 531 g/mol. The number of hydrogen-bond donors (Lipinski definition) is 2. The third-order valence-corrected chi connectivity index (χ3v) is 8.46. The number of halogens is 4. The molecule has 3 aliphatic rings. The molecule has 2 saturated heterocycles. The first-order valence-corrected chi connectivity index (χ1v) is 13.7. The van der Waals surface area contributed by atoms with Gasteiger partial charge in [0.2, 0.25) is 0 Å². The van der Waals surface area contributed by atoms with Crippen molar-refractivity contribution >= 4 is 16.6 Å². The van der Waals surface area contributed by atoms with Crippen molar-refractivity contribution in [3.05, 3.63) is 65.4 Å². The van der Waals surface area contributed by atoms with Crippen LogP contribution in [0.4, 0.5) is 23.2 Å². The predicted octanol–water partition coefficient (Wildman–Crippen LogP) is 6.50. The SMILES string of the molecule is CC1Cc2c([nH]c3ccccc23)CN1CC(C)(F)F.Fc1cc(F)cc(N2CCC3(CCCNC3)CC2)c1. The number of fused-ring (bicyclic) bond motifs is 3. The third-order valence-electron chi connectivity index (χ3n) is 8.46. The molecule has 1 unspecified atom stereocenters. The summed E-state index contributed by atoms with van der Waals surface area (Å²) in [5.41, 5.74) is 4.57. The van der Waals surface area contributed by atoms with Crippen LogP contribution in [0.1, 0.15) is 50.8 Å². The summed E-state index contributed by atoms with van der Waals surface area (Å²) in [6, 6.07) is 12.1. The number of nitrogens with zero attached hydrogens (tertiary/aromatic N) is 2. The van der Waals surface area contributed by atoms with E-state index in [4.69, 9.17) is 0 Å². The highest BCUT2D eigenvalue weighted by atomic mass is 19.3. The van der Waals surface area contributed by atoms with Crippen LogP contribution in [0.15, 0.2) is 42.5 Å². The fraction of sp³-hybridized carbons (Fsp3) is 0.533. The molecule has 0 aliphatic carbocycles. The van der Waals surface area contributed by atoms with Crippen LogP contribution < -0.4 is 10.2 Å². The Morgan fingerprint density at radius 2 is 1.74 bits per heavy atom. The molecule has 0 radical (unpaired) electrons. The molecule has 1 spiro atoms. The highest BCUT2D eigenvalue weighted by Crippen LogP contribution is 2.38. The van der Waals surface area contributed by atoms with E-state index in [9.17, 15) is 17.6 Å². The minimum atomic E-state index is -2.64. The standard InChI is InChI=1S/C15H18F2N2.C15H20F2N2/c1-10-7-12-11-5-3-4-6-13(11)18-14(12)8-19(10)9-15(2,16)17;16-12-8-13(17)10-14(9-12)19-6-3-15(4-7-19)2-1-5-18-11-15/h3-6,10,18H,7-9H2,1-2H3;8-10,18H,1-7,11H2. The minimum absolute atomic E-state index is 0.150. The summed E-state index contributed by atoms with van der Waals surface area (Å²) in [4.78, 5) is 7.33. The number of rotatable bonds is 3. The Bertz CT molecular complexity index is 1210. The number of benzene rings is 2. The molecule has 0 amide bonds. The van der Waals surface area contributed by atoms with Gasteiger partial charge in [0.1, 0.15) is 11.6 Å². The highest BCUT2D eigenvalue weighted by Gasteiger charge is 2.36. The van der Waals surface area contributed by atoms with E-state index in [1.165, 1.54) is 35.9 Å². The van der Waals surface area contributed by atoms with Crippen LogP contribution in [0.25, 0.3) is 10.9 Å². The van der Waals surface area contributed by atoms with E-state index >= 15 is 0 Å². The van der Waals surface area contributed by atoms with E-state index in [-0.39, 0.29) is 12.6 Å². The molecule has 2 N–H and O–H groups in total. The zero-order valence-electron chi connectivity index (χ0n) is 22.3. The smallest absolute Gasteiger partial charge is 0.257 e. The number of anilines is 1. The van der Waals surface area contributed by atoms with Crippen LogP contribution in [-0.2, 0) is 13.0 Å². The van der Waals surface area contributed by atoms with Gasteiger partial charge in [0, 0.05) is 67.5 Å². The van der Waals surface area contributed by atoms with Gasteiger partial charge in [-0.3, -0.25) is 4.90 Å². The van der Waals surface area contributed by atoms with Gasteiger partial charge in [0.25, 0.3) is 5.92 Å². The zero-order valence-corrected chi connectivity index (χ0v) is 22.3. The molecule has 1 aromatic heterocycles. The Kier molecular flexibility index (Phi) is 7.74. The topological polar surface area (TPSA) is 34.3 Å². The lowest BCUT2D eigenvalue weighted by molar-refractivity contribution is -0.0293. The van der Waals surface area contributed by atoms with Crippen LogP contribution in [-0.4, -0.2) is 54.6 Å². The normalized spacial score (nSPS) is 21.7. The van der Waals surface area contributed by atoms with Gasteiger partial charge in [-0.2, -0.15) is 0 Å². The Hall–Kier alpha value is -2.58. The lowest BCUT2D eigenvalue weighted by Gasteiger charge is -2.45. The predicted molar refractivity (Wildman–Crippen MR) is 145 cm³/mol. The number of aromatic nitrogens is 1. The van der Waals surface area contributed by atoms with Crippen molar-refractivity contribution in [3.63, 3.8) is 0 Å². The largest absolute Gasteiger partial charge is 0.371 e. The van der Waals surface area contributed by atoms with Crippen molar-refractivity contribution in [2.75, 3.05) is 37.6 Å². The van der Waals surface area contributed by atoms with Gasteiger partial charge in [-0.05, 0) is 74.8 Å². The summed E-state index contributed by atoms with van der Waals surface area (Å²) in [5, 5.41) is 4.71. The van der Waals surface area contributed by atoms with Crippen LogP contribution >= 0.6 is 0 Å². The number of nitrogens with one attached hydrogen (secondary N) is 2. The summed E-state index contributed by atoms with van der Waals surface area (Å²) in [6.45, 7) is 7.42. The van der Waals surface area contributed by atoms with Gasteiger partial charge in [0.15, 0.2) is 0 Å². The van der Waals surface area contributed by atoms with Crippen LogP contribution in [0, 0.1) is 17.0 Å². The molecule has 4 nitrogen and oxygen atoms in total. The van der Waals surface area contributed by atoms with Crippen LogP contribution in [0.5, 0.6) is 0 Å². The first kappa shape index (κ1) is 27.0. The molecule has 0 saturated carbocycles. The lowest BCUT2D eigenvalue weighted by Crippen LogP contribution is -2.48. The Morgan fingerprint density at radius 3 is 2.39 bits per heavy atom. The summed E-state index contributed by atoms with van der Waals surface area (Å²) in [7, 11) is 0. The molecule has 206 valence electrons. The van der Waals surface area contributed by atoms with Crippen molar-refractivity contribution < 1.29 is 17.6 Å². The molecular weight excluding hydrogens is 492 g/mol. The number of H-pyrrole nitrogens is 1. The summed E-state index contributed by atoms with van der Waals surface area (Å²) < 4.78 is 52.9. The highest BCUT2D eigenvalue weighted by molar-refractivity contribution is 5.84. The summed E-state index contributed by atoms with van der Waals surface area (Å²) in [6.07, 6.45) is 5.58. The van der Waals surface area contributed by atoms with Crippen molar-refractivity contribution in [1.82, 2.24) is 15.2 Å². The maximum atomic E-state index is 13.3. The van der Waals surface area contributed by atoms with Crippen molar-refractivity contribution in [1.29, 1.82) is 0 Å². The second-order valence-electron chi connectivity index (χ2n) is 11.6. The number of piperidine rings is 2.